The monoisotopic (exact) mass is 326 g/mol. The zero-order valence-corrected chi connectivity index (χ0v) is 14.7. The molecule has 0 radical (unpaired) electrons. The van der Waals surface area contributed by atoms with Gasteiger partial charge in [-0.2, -0.15) is 8.42 Å². The van der Waals surface area contributed by atoms with E-state index in [0.717, 1.165) is 0 Å². The molecule has 0 spiro atoms. The SMILES string of the molecule is CC(C)OS(=O)(=O)c1ccccc1B1OC(C)(C)C(C)(C)O1. The minimum atomic E-state index is -3.86. The van der Waals surface area contributed by atoms with Gasteiger partial charge in [0, 0.05) is 5.46 Å². The Balaban J connectivity index is 2.43. The van der Waals surface area contributed by atoms with Crippen LogP contribution in [0.1, 0.15) is 41.5 Å². The fourth-order valence-electron chi connectivity index (χ4n) is 2.18. The van der Waals surface area contributed by atoms with Crippen molar-refractivity contribution in [2.45, 2.75) is 63.7 Å². The molecule has 1 heterocycles. The van der Waals surface area contributed by atoms with Gasteiger partial charge in [-0.05, 0) is 47.6 Å². The molecule has 5 nitrogen and oxygen atoms in total. The van der Waals surface area contributed by atoms with Crippen LogP contribution in [-0.2, 0) is 23.6 Å². The number of benzene rings is 1. The van der Waals surface area contributed by atoms with Gasteiger partial charge in [-0.1, -0.05) is 18.2 Å². The molecule has 1 fully saturated rings. The highest BCUT2D eigenvalue weighted by atomic mass is 32.2. The smallest absolute Gasteiger partial charge is 0.399 e. The maximum absolute atomic E-state index is 12.4. The molecule has 1 aromatic rings. The van der Waals surface area contributed by atoms with Crippen molar-refractivity contribution in [1.29, 1.82) is 0 Å². The van der Waals surface area contributed by atoms with E-state index in [2.05, 4.69) is 0 Å². The molecular formula is C15H23BO5S. The molecule has 22 heavy (non-hydrogen) atoms. The molecule has 1 saturated heterocycles. The molecule has 7 heteroatoms. The first-order chi connectivity index (χ1) is 9.96. The summed E-state index contributed by atoms with van der Waals surface area (Å²) in [6.07, 6.45) is -0.434. The number of rotatable bonds is 4. The van der Waals surface area contributed by atoms with Gasteiger partial charge in [-0.3, -0.25) is 4.18 Å². The van der Waals surface area contributed by atoms with Crippen molar-refractivity contribution in [3.63, 3.8) is 0 Å². The summed E-state index contributed by atoms with van der Waals surface area (Å²) in [5.74, 6) is 0. The van der Waals surface area contributed by atoms with Gasteiger partial charge in [-0.25, -0.2) is 0 Å². The Morgan fingerprint density at radius 3 is 2.05 bits per heavy atom. The summed E-state index contributed by atoms with van der Waals surface area (Å²) in [5.41, 5.74) is -0.609. The van der Waals surface area contributed by atoms with E-state index in [1.807, 2.05) is 27.7 Å². The standard InChI is InChI=1S/C15H23BO5S/c1-11(2)19-22(17,18)13-10-8-7-9-12(13)16-20-14(3,4)15(5,6)21-16/h7-11H,1-6H3. The van der Waals surface area contributed by atoms with E-state index >= 15 is 0 Å². The maximum atomic E-state index is 12.4. The lowest BCUT2D eigenvalue weighted by Gasteiger charge is -2.32. The molecule has 0 bridgehead atoms. The second-order valence-electron chi connectivity index (χ2n) is 6.73. The van der Waals surface area contributed by atoms with Crippen molar-refractivity contribution in [2.75, 3.05) is 0 Å². The molecule has 0 atom stereocenters. The Bertz CT molecular complexity index is 636. The van der Waals surface area contributed by atoms with Gasteiger partial charge in [0.25, 0.3) is 10.1 Å². The topological polar surface area (TPSA) is 61.8 Å². The highest BCUT2D eigenvalue weighted by Gasteiger charge is 2.52. The molecule has 0 aromatic heterocycles. The first kappa shape index (κ1) is 17.5. The molecule has 2 rings (SSSR count). The van der Waals surface area contributed by atoms with E-state index in [-0.39, 0.29) is 4.90 Å². The van der Waals surface area contributed by atoms with Crippen LogP contribution in [0.4, 0.5) is 0 Å². The Kier molecular flexibility index (Phi) is 4.47. The average Bonchev–Trinajstić information content (AvgIpc) is 2.57. The van der Waals surface area contributed by atoms with Gasteiger partial charge in [0.15, 0.2) is 0 Å². The van der Waals surface area contributed by atoms with Crippen molar-refractivity contribution in [1.82, 2.24) is 0 Å². The van der Waals surface area contributed by atoms with Gasteiger partial charge in [0.05, 0.1) is 22.2 Å². The summed E-state index contributed by atoms with van der Waals surface area (Å²) in [4.78, 5) is 0.0854. The van der Waals surface area contributed by atoms with E-state index in [0.29, 0.717) is 5.46 Å². The third-order valence-corrected chi connectivity index (χ3v) is 5.56. The highest BCUT2D eigenvalue weighted by molar-refractivity contribution is 7.87. The minimum Gasteiger partial charge on any atom is -0.399 e. The van der Waals surface area contributed by atoms with Crippen LogP contribution in [-0.4, -0.2) is 32.8 Å². The maximum Gasteiger partial charge on any atom is 0.496 e. The first-order valence-electron chi connectivity index (χ1n) is 7.34. The summed E-state index contributed by atoms with van der Waals surface area (Å²) in [6.45, 7) is 11.1. The fourth-order valence-corrected chi connectivity index (χ4v) is 3.49. The van der Waals surface area contributed by atoms with Gasteiger partial charge in [0.2, 0.25) is 0 Å². The Morgan fingerprint density at radius 1 is 1.05 bits per heavy atom. The first-order valence-corrected chi connectivity index (χ1v) is 8.75. The minimum absolute atomic E-state index is 0.0854. The lowest BCUT2D eigenvalue weighted by atomic mass is 9.79. The molecular weight excluding hydrogens is 303 g/mol. The highest BCUT2D eigenvalue weighted by Crippen LogP contribution is 2.37. The molecule has 1 aliphatic rings. The zero-order valence-electron chi connectivity index (χ0n) is 13.9. The molecule has 0 unspecified atom stereocenters. The molecule has 0 saturated carbocycles. The number of hydrogen-bond donors (Lipinski definition) is 0. The van der Waals surface area contributed by atoms with Crippen LogP contribution in [0.2, 0.25) is 0 Å². The van der Waals surface area contributed by atoms with Crippen LogP contribution >= 0.6 is 0 Å². The predicted molar refractivity (Wildman–Crippen MR) is 85.6 cm³/mol. The summed E-state index contributed by atoms with van der Waals surface area (Å²) >= 11 is 0. The van der Waals surface area contributed by atoms with Crippen molar-refractivity contribution >= 4 is 22.7 Å². The van der Waals surface area contributed by atoms with Crippen molar-refractivity contribution < 1.29 is 21.9 Å². The zero-order chi connectivity index (χ0) is 16.8. The van der Waals surface area contributed by atoms with E-state index < -0.39 is 34.5 Å². The average molecular weight is 326 g/mol. The normalized spacial score (nSPS) is 20.6. The predicted octanol–water partition coefficient (Wildman–Crippen LogP) is 2.10. The number of hydrogen-bond acceptors (Lipinski definition) is 5. The van der Waals surface area contributed by atoms with E-state index in [9.17, 15) is 8.42 Å². The second-order valence-corrected chi connectivity index (χ2v) is 8.27. The van der Waals surface area contributed by atoms with E-state index in [1.165, 1.54) is 6.07 Å². The lowest BCUT2D eigenvalue weighted by Crippen LogP contribution is -2.41. The van der Waals surface area contributed by atoms with Crippen LogP contribution in [0, 0.1) is 0 Å². The molecule has 0 N–H and O–H groups in total. The molecule has 1 aromatic carbocycles. The van der Waals surface area contributed by atoms with Crippen LogP contribution in [0.25, 0.3) is 0 Å². The molecule has 122 valence electrons. The summed E-state index contributed by atoms with van der Waals surface area (Å²) in [5, 5.41) is 0. The Hall–Kier alpha value is -0.885. The van der Waals surface area contributed by atoms with Crippen molar-refractivity contribution in [3.05, 3.63) is 24.3 Å². The van der Waals surface area contributed by atoms with Gasteiger partial charge in [-0.15, -0.1) is 0 Å². The lowest BCUT2D eigenvalue weighted by molar-refractivity contribution is 0.00578. The van der Waals surface area contributed by atoms with Crippen LogP contribution < -0.4 is 5.46 Å². The fraction of sp³-hybridized carbons (Fsp3) is 0.600. The third kappa shape index (κ3) is 3.22. The third-order valence-electron chi connectivity index (χ3n) is 4.01. The Labute approximate surface area is 133 Å². The molecule has 0 amide bonds. The van der Waals surface area contributed by atoms with Gasteiger partial charge in [0.1, 0.15) is 0 Å². The summed E-state index contributed by atoms with van der Waals surface area (Å²) in [7, 11) is -4.61. The molecule has 0 aliphatic carbocycles. The molecule has 1 aliphatic heterocycles. The Morgan fingerprint density at radius 2 is 1.55 bits per heavy atom. The second kappa shape index (κ2) is 5.63. The largest absolute Gasteiger partial charge is 0.496 e. The van der Waals surface area contributed by atoms with Crippen LogP contribution in [0.5, 0.6) is 0 Å². The van der Waals surface area contributed by atoms with Crippen molar-refractivity contribution in [3.8, 4) is 0 Å². The quantitative estimate of drug-likeness (QED) is 0.626. The van der Waals surface area contributed by atoms with E-state index in [1.54, 1.807) is 32.0 Å². The summed E-state index contributed by atoms with van der Waals surface area (Å²) in [6, 6.07) is 6.62. The van der Waals surface area contributed by atoms with E-state index in [4.69, 9.17) is 13.5 Å². The van der Waals surface area contributed by atoms with Crippen LogP contribution in [0.15, 0.2) is 29.2 Å². The van der Waals surface area contributed by atoms with Gasteiger partial charge >= 0.3 is 7.12 Å². The van der Waals surface area contributed by atoms with Crippen molar-refractivity contribution in [2.24, 2.45) is 0 Å². The van der Waals surface area contributed by atoms with Gasteiger partial charge < -0.3 is 9.31 Å². The summed E-state index contributed by atoms with van der Waals surface area (Å²) < 4.78 is 41.8. The van der Waals surface area contributed by atoms with Crippen LogP contribution in [0.3, 0.4) is 0 Å².